The van der Waals surface area contributed by atoms with Crippen LogP contribution >= 0.6 is 11.6 Å². The third kappa shape index (κ3) is 2.89. The van der Waals surface area contributed by atoms with Crippen molar-refractivity contribution < 1.29 is 4.74 Å². The molecule has 2 nitrogen and oxygen atoms in total. The number of benzene rings is 2. The maximum absolute atomic E-state index is 8.84. The predicted octanol–water partition coefficient (Wildman–Crippen LogP) is 4.93. The molecule has 0 aliphatic rings. The summed E-state index contributed by atoms with van der Waals surface area (Å²) in [6.45, 7) is 6.09. The van der Waals surface area contributed by atoms with Gasteiger partial charge in [-0.25, -0.2) is 0 Å². The second-order valence-corrected chi connectivity index (χ2v) is 4.99. The van der Waals surface area contributed by atoms with Crippen LogP contribution < -0.4 is 4.74 Å². The molecule has 0 heterocycles. The minimum Gasteiger partial charge on any atom is -0.457 e. The lowest BCUT2D eigenvalue weighted by Gasteiger charge is -2.13. The number of halogens is 1. The molecule has 0 amide bonds. The van der Waals surface area contributed by atoms with Gasteiger partial charge in [-0.1, -0.05) is 29.3 Å². The van der Waals surface area contributed by atoms with Crippen LogP contribution in [0.4, 0.5) is 0 Å². The number of aryl methyl sites for hydroxylation is 3. The van der Waals surface area contributed by atoms with E-state index >= 15 is 0 Å². The Morgan fingerprint density at radius 1 is 1.05 bits per heavy atom. The van der Waals surface area contributed by atoms with Gasteiger partial charge >= 0.3 is 0 Å². The summed E-state index contributed by atoms with van der Waals surface area (Å²) in [5.74, 6) is 1.48. The molecule has 2 aromatic carbocycles. The Kier molecular flexibility index (Phi) is 3.78. The number of hydrogen-bond acceptors (Lipinski definition) is 2. The molecule has 2 aromatic rings. The summed E-state index contributed by atoms with van der Waals surface area (Å²) < 4.78 is 5.88. The van der Waals surface area contributed by atoms with Crippen LogP contribution in [-0.2, 0) is 0 Å². The van der Waals surface area contributed by atoms with Gasteiger partial charge in [0, 0.05) is 6.07 Å². The molecule has 0 N–H and O–H groups in total. The number of nitriles is 1. The van der Waals surface area contributed by atoms with E-state index in [1.807, 2.05) is 19.9 Å². The van der Waals surface area contributed by atoms with E-state index in [4.69, 9.17) is 21.6 Å². The van der Waals surface area contributed by atoms with Crippen LogP contribution in [0.3, 0.4) is 0 Å². The molecule has 19 heavy (non-hydrogen) atoms. The second kappa shape index (κ2) is 5.34. The highest BCUT2D eigenvalue weighted by Gasteiger charge is 2.08. The zero-order chi connectivity index (χ0) is 14.0. The van der Waals surface area contributed by atoms with Crippen molar-refractivity contribution >= 4 is 11.6 Å². The highest BCUT2D eigenvalue weighted by Crippen LogP contribution is 2.31. The molecule has 0 saturated carbocycles. The van der Waals surface area contributed by atoms with E-state index < -0.39 is 0 Å². The van der Waals surface area contributed by atoms with Gasteiger partial charge in [-0.05, 0) is 44.0 Å². The highest BCUT2D eigenvalue weighted by atomic mass is 35.5. The van der Waals surface area contributed by atoms with Crippen molar-refractivity contribution in [3.05, 3.63) is 57.6 Å². The molecule has 0 aliphatic heterocycles. The van der Waals surface area contributed by atoms with Gasteiger partial charge in [0.1, 0.15) is 17.6 Å². The maximum Gasteiger partial charge on any atom is 0.133 e. The summed E-state index contributed by atoms with van der Waals surface area (Å²) in [6.07, 6.45) is 0. The van der Waals surface area contributed by atoms with Gasteiger partial charge < -0.3 is 4.74 Å². The maximum atomic E-state index is 8.84. The van der Waals surface area contributed by atoms with Gasteiger partial charge in [0.05, 0.1) is 10.6 Å². The number of nitrogens with zero attached hydrogens (tertiary/aromatic N) is 1. The average Bonchev–Trinajstić information content (AvgIpc) is 2.34. The fourth-order valence-corrected chi connectivity index (χ4v) is 2.31. The molecule has 0 atom stereocenters. The Morgan fingerprint density at radius 3 is 2.21 bits per heavy atom. The molecule has 96 valence electrons. The van der Waals surface area contributed by atoms with E-state index in [1.165, 1.54) is 5.56 Å². The normalized spacial score (nSPS) is 10.1. The predicted molar refractivity (Wildman–Crippen MR) is 76.9 cm³/mol. The van der Waals surface area contributed by atoms with Gasteiger partial charge in [0.15, 0.2) is 0 Å². The van der Waals surface area contributed by atoms with E-state index in [-0.39, 0.29) is 0 Å². The smallest absolute Gasteiger partial charge is 0.133 e. The van der Waals surface area contributed by atoms with Crippen molar-refractivity contribution in [3.63, 3.8) is 0 Å². The summed E-state index contributed by atoms with van der Waals surface area (Å²) in [5, 5.41) is 9.25. The van der Waals surface area contributed by atoms with Crippen molar-refractivity contribution in [1.82, 2.24) is 0 Å². The molecule has 2 rings (SSSR count). The quantitative estimate of drug-likeness (QED) is 0.776. The fourth-order valence-electron chi connectivity index (χ4n) is 2.10. The summed E-state index contributed by atoms with van der Waals surface area (Å²) in [5.41, 5.74) is 3.82. The van der Waals surface area contributed by atoms with E-state index in [0.717, 1.165) is 16.9 Å². The van der Waals surface area contributed by atoms with Gasteiger partial charge in [0.2, 0.25) is 0 Å². The molecule has 0 spiro atoms. The van der Waals surface area contributed by atoms with Crippen molar-refractivity contribution in [2.24, 2.45) is 0 Å². The van der Waals surface area contributed by atoms with Crippen LogP contribution in [0.1, 0.15) is 22.3 Å². The summed E-state index contributed by atoms with van der Waals surface area (Å²) in [6, 6.07) is 11.3. The van der Waals surface area contributed by atoms with Crippen LogP contribution in [0, 0.1) is 32.1 Å². The standard InChI is InChI=1S/C16H14ClNO/c1-10-6-11(2)16(12(3)7-10)19-14-5-4-13(9-18)15(17)8-14/h4-8H,1-3H3. The number of ether oxygens (including phenoxy) is 1. The highest BCUT2D eigenvalue weighted by molar-refractivity contribution is 6.31. The van der Waals surface area contributed by atoms with Crippen molar-refractivity contribution in [1.29, 1.82) is 5.26 Å². The first-order valence-corrected chi connectivity index (χ1v) is 6.34. The van der Waals surface area contributed by atoms with E-state index in [1.54, 1.807) is 18.2 Å². The Hall–Kier alpha value is -1.98. The molecule has 0 aliphatic carbocycles. The molecule has 0 saturated heterocycles. The topological polar surface area (TPSA) is 33.0 Å². The Balaban J connectivity index is 2.37. The van der Waals surface area contributed by atoms with Crippen LogP contribution in [0.2, 0.25) is 5.02 Å². The molecule has 0 aromatic heterocycles. The van der Waals surface area contributed by atoms with E-state index in [2.05, 4.69) is 19.1 Å². The summed E-state index contributed by atoms with van der Waals surface area (Å²) in [7, 11) is 0. The van der Waals surface area contributed by atoms with Crippen molar-refractivity contribution in [2.45, 2.75) is 20.8 Å². The minimum absolute atomic E-state index is 0.405. The number of rotatable bonds is 2. The van der Waals surface area contributed by atoms with Gasteiger partial charge in [0.25, 0.3) is 0 Å². The van der Waals surface area contributed by atoms with Crippen LogP contribution in [0.15, 0.2) is 30.3 Å². The van der Waals surface area contributed by atoms with Gasteiger partial charge in [-0.3, -0.25) is 0 Å². The van der Waals surface area contributed by atoms with E-state index in [0.29, 0.717) is 16.3 Å². The minimum atomic E-state index is 0.405. The van der Waals surface area contributed by atoms with E-state index in [9.17, 15) is 0 Å². The largest absolute Gasteiger partial charge is 0.457 e. The zero-order valence-electron chi connectivity index (χ0n) is 11.1. The van der Waals surface area contributed by atoms with Crippen molar-refractivity contribution in [2.75, 3.05) is 0 Å². The van der Waals surface area contributed by atoms with Crippen LogP contribution in [0.5, 0.6) is 11.5 Å². The summed E-state index contributed by atoms with van der Waals surface area (Å²) >= 11 is 6.00. The first-order valence-electron chi connectivity index (χ1n) is 5.96. The first kappa shape index (κ1) is 13.5. The fraction of sp³-hybridized carbons (Fsp3) is 0.188. The molecule has 0 radical (unpaired) electrons. The molecular formula is C16H14ClNO. The second-order valence-electron chi connectivity index (χ2n) is 4.58. The lowest BCUT2D eigenvalue weighted by atomic mass is 10.1. The molecule has 3 heteroatoms. The Bertz CT molecular complexity index is 648. The Morgan fingerprint density at radius 2 is 1.68 bits per heavy atom. The molecule has 0 fully saturated rings. The van der Waals surface area contributed by atoms with Gasteiger partial charge in [-0.2, -0.15) is 5.26 Å². The lowest BCUT2D eigenvalue weighted by molar-refractivity contribution is 0.475. The number of hydrogen-bond donors (Lipinski definition) is 0. The van der Waals surface area contributed by atoms with Crippen molar-refractivity contribution in [3.8, 4) is 17.6 Å². The lowest BCUT2D eigenvalue weighted by Crippen LogP contribution is -1.92. The first-order chi connectivity index (χ1) is 9.01. The van der Waals surface area contributed by atoms with Crippen LogP contribution in [-0.4, -0.2) is 0 Å². The average molecular weight is 272 g/mol. The Labute approximate surface area is 118 Å². The molecular weight excluding hydrogens is 258 g/mol. The zero-order valence-corrected chi connectivity index (χ0v) is 11.9. The third-order valence-corrected chi connectivity index (χ3v) is 3.20. The molecule has 0 unspecified atom stereocenters. The van der Waals surface area contributed by atoms with Crippen LogP contribution in [0.25, 0.3) is 0 Å². The van der Waals surface area contributed by atoms with Gasteiger partial charge in [-0.15, -0.1) is 0 Å². The third-order valence-electron chi connectivity index (χ3n) is 2.89. The molecule has 0 bridgehead atoms. The summed E-state index contributed by atoms with van der Waals surface area (Å²) in [4.78, 5) is 0. The monoisotopic (exact) mass is 271 g/mol. The SMILES string of the molecule is Cc1cc(C)c(Oc2ccc(C#N)c(Cl)c2)c(C)c1.